The summed E-state index contributed by atoms with van der Waals surface area (Å²) in [6.45, 7) is 3.60. The highest BCUT2D eigenvalue weighted by molar-refractivity contribution is 8.00. The van der Waals surface area contributed by atoms with Crippen molar-refractivity contribution in [3.8, 4) is 0 Å². The number of hydrogen-bond donors (Lipinski definition) is 1. The standard InChI is InChI=1S/C8H14O4S/c1-4-5(2)12-8(11)6(13-3)7(9)10/h5-6H,4H2,1-3H3,(H,9,10). The van der Waals surface area contributed by atoms with Crippen LogP contribution >= 0.6 is 11.8 Å². The predicted octanol–water partition coefficient (Wildman–Crippen LogP) is 1.14. The van der Waals surface area contributed by atoms with E-state index >= 15 is 0 Å². The van der Waals surface area contributed by atoms with Crippen molar-refractivity contribution in [1.82, 2.24) is 0 Å². The van der Waals surface area contributed by atoms with Gasteiger partial charge in [-0.05, 0) is 19.6 Å². The summed E-state index contributed by atoms with van der Waals surface area (Å²) in [4.78, 5) is 21.7. The molecule has 76 valence electrons. The summed E-state index contributed by atoms with van der Waals surface area (Å²) in [5.41, 5.74) is 0. The Balaban J connectivity index is 4.14. The maximum absolute atomic E-state index is 11.2. The molecule has 0 amide bonds. The van der Waals surface area contributed by atoms with Gasteiger partial charge in [-0.1, -0.05) is 6.92 Å². The number of esters is 1. The second-order valence-corrected chi connectivity index (χ2v) is 3.55. The van der Waals surface area contributed by atoms with Crippen LogP contribution in [-0.2, 0) is 14.3 Å². The van der Waals surface area contributed by atoms with E-state index in [-0.39, 0.29) is 6.10 Å². The molecule has 0 heterocycles. The topological polar surface area (TPSA) is 63.6 Å². The molecule has 0 bridgehead atoms. The highest BCUT2D eigenvalue weighted by Crippen LogP contribution is 2.10. The van der Waals surface area contributed by atoms with E-state index in [0.29, 0.717) is 6.42 Å². The molecule has 0 radical (unpaired) electrons. The number of carboxylic acids is 1. The zero-order valence-electron chi connectivity index (χ0n) is 7.94. The number of hydrogen-bond acceptors (Lipinski definition) is 4. The molecule has 0 aromatic heterocycles. The number of aliphatic carboxylic acids is 1. The van der Waals surface area contributed by atoms with Crippen LogP contribution < -0.4 is 0 Å². The lowest BCUT2D eigenvalue weighted by Gasteiger charge is -2.13. The lowest BCUT2D eigenvalue weighted by molar-refractivity contribution is -0.153. The van der Waals surface area contributed by atoms with E-state index in [4.69, 9.17) is 9.84 Å². The average molecular weight is 206 g/mol. The Kier molecular flexibility index (Phi) is 5.53. The Morgan fingerprint density at radius 3 is 2.38 bits per heavy atom. The van der Waals surface area contributed by atoms with Crippen molar-refractivity contribution >= 4 is 23.7 Å². The van der Waals surface area contributed by atoms with Crippen molar-refractivity contribution in [2.45, 2.75) is 31.6 Å². The van der Waals surface area contributed by atoms with E-state index in [2.05, 4.69) is 0 Å². The second kappa shape index (κ2) is 5.85. The van der Waals surface area contributed by atoms with Gasteiger partial charge >= 0.3 is 11.9 Å². The van der Waals surface area contributed by atoms with Gasteiger partial charge in [-0.25, -0.2) is 0 Å². The first-order valence-electron chi connectivity index (χ1n) is 3.99. The largest absolute Gasteiger partial charge is 0.480 e. The Morgan fingerprint density at radius 1 is 1.54 bits per heavy atom. The minimum Gasteiger partial charge on any atom is -0.480 e. The van der Waals surface area contributed by atoms with E-state index in [1.165, 1.54) is 0 Å². The normalized spacial score (nSPS) is 14.7. The second-order valence-electron chi connectivity index (χ2n) is 2.61. The minimum atomic E-state index is -1.15. The molecule has 4 nitrogen and oxygen atoms in total. The molecule has 0 fully saturated rings. The van der Waals surface area contributed by atoms with Crippen molar-refractivity contribution in [3.63, 3.8) is 0 Å². The van der Waals surface area contributed by atoms with E-state index in [1.807, 2.05) is 6.92 Å². The molecule has 0 saturated carbocycles. The highest BCUT2D eigenvalue weighted by Gasteiger charge is 2.27. The van der Waals surface area contributed by atoms with Gasteiger partial charge in [0.2, 0.25) is 0 Å². The van der Waals surface area contributed by atoms with Gasteiger partial charge in [-0.3, -0.25) is 9.59 Å². The van der Waals surface area contributed by atoms with Crippen LogP contribution in [0.1, 0.15) is 20.3 Å². The average Bonchev–Trinajstić information content (AvgIpc) is 2.04. The maximum Gasteiger partial charge on any atom is 0.330 e. The third-order valence-electron chi connectivity index (χ3n) is 1.57. The molecule has 0 spiro atoms. The Hall–Kier alpha value is -0.710. The van der Waals surface area contributed by atoms with Gasteiger partial charge in [0.15, 0.2) is 5.25 Å². The monoisotopic (exact) mass is 206 g/mol. The molecule has 0 rings (SSSR count). The van der Waals surface area contributed by atoms with Crippen LogP contribution in [0.2, 0.25) is 0 Å². The van der Waals surface area contributed by atoms with Crippen LogP contribution in [0.4, 0.5) is 0 Å². The molecule has 1 N–H and O–H groups in total. The van der Waals surface area contributed by atoms with Gasteiger partial charge < -0.3 is 9.84 Å². The summed E-state index contributed by atoms with van der Waals surface area (Å²) in [6.07, 6.45) is 2.03. The van der Waals surface area contributed by atoms with Gasteiger partial charge in [0.25, 0.3) is 0 Å². The minimum absolute atomic E-state index is 0.221. The molecule has 0 aromatic rings. The molecule has 0 aliphatic carbocycles. The molecule has 13 heavy (non-hydrogen) atoms. The highest BCUT2D eigenvalue weighted by atomic mass is 32.2. The molecular weight excluding hydrogens is 192 g/mol. The number of ether oxygens (including phenoxy) is 1. The van der Waals surface area contributed by atoms with E-state index in [0.717, 1.165) is 11.8 Å². The van der Waals surface area contributed by atoms with Gasteiger partial charge in [0.1, 0.15) is 0 Å². The van der Waals surface area contributed by atoms with E-state index in [1.54, 1.807) is 13.2 Å². The van der Waals surface area contributed by atoms with Crippen LogP contribution in [0.15, 0.2) is 0 Å². The zero-order valence-corrected chi connectivity index (χ0v) is 8.76. The Morgan fingerprint density at radius 2 is 2.08 bits per heavy atom. The van der Waals surface area contributed by atoms with Gasteiger partial charge in [-0.2, -0.15) is 0 Å². The number of thioether (sulfide) groups is 1. The summed E-state index contributed by atoms with van der Waals surface area (Å²) in [7, 11) is 0. The SMILES string of the molecule is CCC(C)OC(=O)C(SC)C(=O)O. The molecule has 0 aliphatic rings. The molecule has 5 heteroatoms. The van der Waals surface area contributed by atoms with Gasteiger partial charge in [0.05, 0.1) is 6.10 Å². The lowest BCUT2D eigenvalue weighted by atomic mass is 10.3. The maximum atomic E-state index is 11.2. The van der Waals surface area contributed by atoms with Crippen molar-refractivity contribution in [1.29, 1.82) is 0 Å². The number of carbonyl (C=O) groups excluding carboxylic acids is 1. The molecule has 0 aliphatic heterocycles. The number of rotatable bonds is 5. The fourth-order valence-electron chi connectivity index (χ4n) is 0.641. The van der Waals surface area contributed by atoms with Crippen molar-refractivity contribution in [2.24, 2.45) is 0 Å². The molecule has 2 unspecified atom stereocenters. The number of carboxylic acid groups (broad SMARTS) is 1. The van der Waals surface area contributed by atoms with Gasteiger partial charge in [-0.15, -0.1) is 11.8 Å². The van der Waals surface area contributed by atoms with Crippen LogP contribution in [-0.4, -0.2) is 34.7 Å². The quantitative estimate of drug-likeness (QED) is 0.540. The predicted molar refractivity (Wildman–Crippen MR) is 50.8 cm³/mol. The third-order valence-corrected chi connectivity index (χ3v) is 2.43. The van der Waals surface area contributed by atoms with Crippen LogP contribution in [0.3, 0.4) is 0 Å². The van der Waals surface area contributed by atoms with Crippen molar-refractivity contribution in [3.05, 3.63) is 0 Å². The number of carbonyl (C=O) groups is 2. The first-order chi connectivity index (χ1) is 6.02. The lowest BCUT2D eigenvalue weighted by Crippen LogP contribution is -2.30. The van der Waals surface area contributed by atoms with Crippen molar-refractivity contribution < 1.29 is 19.4 Å². The summed E-state index contributed by atoms with van der Waals surface area (Å²) in [5.74, 6) is -1.82. The summed E-state index contributed by atoms with van der Waals surface area (Å²) in [6, 6.07) is 0. The fraction of sp³-hybridized carbons (Fsp3) is 0.750. The molecule has 0 saturated heterocycles. The Bertz CT molecular complexity index is 193. The third kappa shape index (κ3) is 4.17. The first-order valence-corrected chi connectivity index (χ1v) is 5.27. The fourth-order valence-corrected chi connectivity index (χ4v) is 1.09. The first kappa shape index (κ1) is 12.3. The van der Waals surface area contributed by atoms with Gasteiger partial charge in [0, 0.05) is 0 Å². The Labute approximate surface area is 81.6 Å². The summed E-state index contributed by atoms with van der Waals surface area (Å²) in [5, 5.41) is 7.50. The summed E-state index contributed by atoms with van der Waals surface area (Å²) < 4.78 is 4.87. The summed E-state index contributed by atoms with van der Waals surface area (Å²) >= 11 is 0.965. The van der Waals surface area contributed by atoms with Crippen LogP contribution in [0.25, 0.3) is 0 Å². The smallest absolute Gasteiger partial charge is 0.330 e. The molecular formula is C8H14O4S. The van der Waals surface area contributed by atoms with Crippen LogP contribution in [0, 0.1) is 0 Å². The van der Waals surface area contributed by atoms with E-state index < -0.39 is 17.2 Å². The van der Waals surface area contributed by atoms with Crippen molar-refractivity contribution in [2.75, 3.05) is 6.26 Å². The van der Waals surface area contributed by atoms with Crippen LogP contribution in [0.5, 0.6) is 0 Å². The van der Waals surface area contributed by atoms with E-state index in [9.17, 15) is 9.59 Å². The zero-order chi connectivity index (χ0) is 10.4. The molecule has 2 atom stereocenters. The molecule has 0 aromatic carbocycles.